The van der Waals surface area contributed by atoms with Crippen LogP contribution in [0.2, 0.25) is 5.02 Å². The van der Waals surface area contributed by atoms with Gasteiger partial charge in [0, 0.05) is 41.4 Å². The molecule has 0 spiro atoms. The minimum Gasteiger partial charge on any atom is -0.316 e. The highest BCUT2D eigenvalue weighted by atomic mass is 35.5. The first-order valence-corrected chi connectivity index (χ1v) is 8.53. The average Bonchev–Trinajstić information content (AvgIpc) is 2.55. The van der Waals surface area contributed by atoms with Crippen molar-refractivity contribution in [2.24, 2.45) is 5.92 Å². The standard InChI is InChI=1S/C18H16ClF3N2O.ClH/c19-15-2-1-13(18(20,21)22)6-14(15)11-4-16-12-3-10(7-23-8-12)9-24(16)17(25)5-11;/h1-2,4-6,10,12,23H,3,7-9H2;1H/t10-,12+;/m0./s1. The molecule has 1 saturated heterocycles. The number of halogens is 5. The van der Waals surface area contributed by atoms with Crippen LogP contribution in [0.25, 0.3) is 11.1 Å². The fraction of sp³-hybridized carbons (Fsp3) is 0.389. The molecule has 8 heteroatoms. The maximum atomic E-state index is 13.0. The zero-order valence-corrected chi connectivity index (χ0v) is 15.2. The SMILES string of the molecule is Cl.O=c1cc(-c2cc(C(F)(F)F)ccc2Cl)cc2n1C[C@@H]1CNC[C@H]2C1. The van der Waals surface area contributed by atoms with E-state index in [1.165, 1.54) is 12.1 Å². The van der Waals surface area contributed by atoms with Gasteiger partial charge in [-0.15, -0.1) is 12.4 Å². The quantitative estimate of drug-likeness (QED) is 0.767. The predicted octanol–water partition coefficient (Wildman–Crippen LogP) is 4.32. The first kappa shape index (κ1) is 19.3. The topological polar surface area (TPSA) is 34.0 Å². The summed E-state index contributed by atoms with van der Waals surface area (Å²) >= 11 is 6.13. The Morgan fingerprint density at radius 2 is 1.92 bits per heavy atom. The molecule has 1 fully saturated rings. The van der Waals surface area contributed by atoms with Gasteiger partial charge in [0.15, 0.2) is 0 Å². The van der Waals surface area contributed by atoms with Crippen LogP contribution >= 0.6 is 24.0 Å². The van der Waals surface area contributed by atoms with Crippen molar-refractivity contribution in [3.8, 4) is 11.1 Å². The maximum absolute atomic E-state index is 13.0. The van der Waals surface area contributed by atoms with Crippen LogP contribution < -0.4 is 10.9 Å². The van der Waals surface area contributed by atoms with Crippen LogP contribution in [-0.2, 0) is 12.7 Å². The summed E-state index contributed by atoms with van der Waals surface area (Å²) in [4.78, 5) is 12.6. The first-order chi connectivity index (χ1) is 11.8. The smallest absolute Gasteiger partial charge is 0.316 e. The highest BCUT2D eigenvalue weighted by molar-refractivity contribution is 6.33. The Bertz CT molecular complexity index is 895. The average molecular weight is 405 g/mol. The second-order valence-electron chi connectivity index (χ2n) is 6.77. The molecule has 2 aromatic rings. The molecule has 1 aromatic carbocycles. The zero-order valence-electron chi connectivity index (χ0n) is 13.6. The van der Waals surface area contributed by atoms with Crippen LogP contribution in [0.4, 0.5) is 13.2 Å². The number of benzene rings is 1. The summed E-state index contributed by atoms with van der Waals surface area (Å²) in [7, 11) is 0. The van der Waals surface area contributed by atoms with E-state index in [0.29, 0.717) is 18.0 Å². The van der Waals surface area contributed by atoms with Crippen LogP contribution in [0.15, 0.2) is 35.1 Å². The predicted molar refractivity (Wildman–Crippen MR) is 97.1 cm³/mol. The molecule has 0 aliphatic carbocycles. The Hall–Kier alpha value is -1.50. The molecular formula is C18H17Cl2F3N2O. The minimum atomic E-state index is -4.46. The van der Waals surface area contributed by atoms with Gasteiger partial charge in [0.05, 0.1) is 5.56 Å². The third-order valence-corrected chi connectivity index (χ3v) is 5.39. The van der Waals surface area contributed by atoms with Crippen LogP contribution in [0.1, 0.15) is 23.6 Å². The number of nitrogens with zero attached hydrogens (tertiary/aromatic N) is 1. The van der Waals surface area contributed by atoms with Crippen LogP contribution in [0, 0.1) is 5.92 Å². The number of piperidine rings is 1. The molecule has 2 aliphatic heterocycles. The molecule has 0 saturated carbocycles. The van der Waals surface area contributed by atoms with E-state index in [4.69, 9.17) is 11.6 Å². The summed E-state index contributed by atoms with van der Waals surface area (Å²) < 4.78 is 40.8. The molecule has 3 nitrogen and oxygen atoms in total. The molecule has 2 atom stereocenters. The molecule has 2 bridgehead atoms. The lowest BCUT2D eigenvalue weighted by Gasteiger charge is -2.37. The summed E-state index contributed by atoms with van der Waals surface area (Å²) in [6, 6.07) is 6.40. The third kappa shape index (κ3) is 3.38. The molecular weight excluding hydrogens is 388 g/mol. The zero-order chi connectivity index (χ0) is 17.8. The summed E-state index contributed by atoms with van der Waals surface area (Å²) in [6.07, 6.45) is -3.46. The molecule has 140 valence electrons. The van der Waals surface area contributed by atoms with Crippen LogP contribution in [0.3, 0.4) is 0 Å². The summed E-state index contributed by atoms with van der Waals surface area (Å²) in [6.45, 7) is 2.31. The van der Waals surface area contributed by atoms with E-state index in [9.17, 15) is 18.0 Å². The van der Waals surface area contributed by atoms with Crippen molar-refractivity contribution in [3.63, 3.8) is 0 Å². The summed E-state index contributed by atoms with van der Waals surface area (Å²) in [5.41, 5.74) is 0.598. The number of alkyl halides is 3. The van der Waals surface area contributed by atoms with Crippen molar-refractivity contribution >= 4 is 24.0 Å². The monoisotopic (exact) mass is 404 g/mol. The van der Waals surface area contributed by atoms with Gasteiger partial charge in [0.2, 0.25) is 0 Å². The van der Waals surface area contributed by atoms with E-state index in [1.807, 2.05) is 6.07 Å². The van der Waals surface area contributed by atoms with E-state index in [-0.39, 0.29) is 34.5 Å². The van der Waals surface area contributed by atoms with Gasteiger partial charge in [-0.3, -0.25) is 4.79 Å². The second kappa shape index (κ2) is 6.91. The first-order valence-electron chi connectivity index (χ1n) is 8.15. The van der Waals surface area contributed by atoms with E-state index in [2.05, 4.69) is 5.32 Å². The molecule has 26 heavy (non-hydrogen) atoms. The Balaban J connectivity index is 0.00000196. The van der Waals surface area contributed by atoms with Gasteiger partial charge >= 0.3 is 6.18 Å². The van der Waals surface area contributed by atoms with Crippen molar-refractivity contribution in [2.45, 2.75) is 25.1 Å². The number of aromatic nitrogens is 1. The Labute approximate surface area is 159 Å². The Kier molecular flexibility index (Phi) is 5.12. The summed E-state index contributed by atoms with van der Waals surface area (Å²) in [5, 5.41) is 3.56. The van der Waals surface area contributed by atoms with E-state index in [1.54, 1.807) is 4.57 Å². The summed E-state index contributed by atoms with van der Waals surface area (Å²) in [5.74, 6) is 0.622. The number of rotatable bonds is 1. The molecule has 0 amide bonds. The van der Waals surface area contributed by atoms with Crippen molar-refractivity contribution in [1.29, 1.82) is 0 Å². The minimum absolute atomic E-state index is 0. The van der Waals surface area contributed by atoms with Crippen LogP contribution in [-0.4, -0.2) is 17.7 Å². The van der Waals surface area contributed by atoms with Gasteiger partial charge in [0.1, 0.15) is 0 Å². The van der Waals surface area contributed by atoms with Gasteiger partial charge in [-0.25, -0.2) is 0 Å². The third-order valence-electron chi connectivity index (χ3n) is 5.07. The molecule has 4 rings (SSSR count). The molecule has 2 aliphatic rings. The van der Waals surface area contributed by atoms with E-state index < -0.39 is 11.7 Å². The number of hydrogen-bond acceptors (Lipinski definition) is 2. The van der Waals surface area contributed by atoms with E-state index >= 15 is 0 Å². The second-order valence-corrected chi connectivity index (χ2v) is 7.17. The molecule has 3 heterocycles. The fourth-order valence-electron chi connectivity index (χ4n) is 3.88. The largest absolute Gasteiger partial charge is 0.416 e. The fourth-order valence-corrected chi connectivity index (χ4v) is 4.11. The Morgan fingerprint density at radius 3 is 2.65 bits per heavy atom. The normalized spacial score (nSPS) is 21.7. The number of fused-ring (bicyclic) bond motifs is 4. The lowest BCUT2D eigenvalue weighted by Crippen LogP contribution is -2.44. The highest BCUT2D eigenvalue weighted by Gasteiger charge is 2.33. The van der Waals surface area contributed by atoms with Crippen molar-refractivity contribution in [3.05, 3.63) is 57.0 Å². The van der Waals surface area contributed by atoms with Crippen molar-refractivity contribution in [1.82, 2.24) is 9.88 Å². The highest BCUT2D eigenvalue weighted by Crippen LogP contribution is 2.38. The van der Waals surface area contributed by atoms with Gasteiger partial charge in [-0.1, -0.05) is 11.6 Å². The van der Waals surface area contributed by atoms with Gasteiger partial charge in [-0.2, -0.15) is 13.2 Å². The van der Waals surface area contributed by atoms with Crippen molar-refractivity contribution in [2.75, 3.05) is 13.1 Å². The maximum Gasteiger partial charge on any atom is 0.416 e. The van der Waals surface area contributed by atoms with Crippen LogP contribution in [0.5, 0.6) is 0 Å². The molecule has 1 aromatic heterocycles. The van der Waals surface area contributed by atoms with Gasteiger partial charge < -0.3 is 9.88 Å². The molecule has 0 radical (unpaired) electrons. The van der Waals surface area contributed by atoms with Crippen molar-refractivity contribution < 1.29 is 13.2 Å². The van der Waals surface area contributed by atoms with Gasteiger partial charge in [0.25, 0.3) is 5.56 Å². The van der Waals surface area contributed by atoms with E-state index in [0.717, 1.165) is 37.3 Å². The number of nitrogens with one attached hydrogen (secondary N) is 1. The lowest BCUT2D eigenvalue weighted by molar-refractivity contribution is -0.137. The molecule has 1 N–H and O–H groups in total. The number of hydrogen-bond donors (Lipinski definition) is 1. The van der Waals surface area contributed by atoms with Gasteiger partial charge in [-0.05, 0) is 48.7 Å². The number of pyridine rings is 1. The lowest BCUT2D eigenvalue weighted by atomic mass is 9.83. The Morgan fingerprint density at radius 1 is 1.15 bits per heavy atom. The molecule has 0 unspecified atom stereocenters.